The van der Waals surface area contributed by atoms with Gasteiger partial charge in [0.25, 0.3) is 5.76 Å². The first-order valence-electron chi connectivity index (χ1n) is 8.74. The fourth-order valence-corrected chi connectivity index (χ4v) is 4.94. The molecular weight excluding hydrogens is 376 g/mol. The highest BCUT2D eigenvalue weighted by atomic mass is 32.2. The standard InChI is InChI=1S/C18H23F2N3OS2/c1-12-21-22-18(23(12)14-6-4-3-5-7-14)25-11-13-8-9-16(26-17(19)20)15(10-13)24-2/h8-10,14,17H,3-7,11H2,1-2H3. The van der Waals surface area contributed by atoms with E-state index in [9.17, 15) is 8.78 Å². The number of halogens is 2. The second kappa shape index (κ2) is 9.08. The number of methoxy groups -OCH3 is 1. The van der Waals surface area contributed by atoms with E-state index in [0.717, 1.165) is 16.5 Å². The number of ether oxygens (including phenoxy) is 1. The van der Waals surface area contributed by atoms with Crippen molar-refractivity contribution in [3.05, 3.63) is 29.6 Å². The van der Waals surface area contributed by atoms with Crippen molar-refractivity contribution in [3.8, 4) is 5.75 Å². The van der Waals surface area contributed by atoms with E-state index >= 15 is 0 Å². The van der Waals surface area contributed by atoms with E-state index in [2.05, 4.69) is 14.8 Å². The van der Waals surface area contributed by atoms with Gasteiger partial charge in [-0.15, -0.1) is 10.2 Å². The molecule has 1 aromatic carbocycles. The summed E-state index contributed by atoms with van der Waals surface area (Å²) >= 11 is 2.14. The molecule has 1 aliphatic rings. The van der Waals surface area contributed by atoms with Crippen LogP contribution in [0.25, 0.3) is 0 Å². The average molecular weight is 400 g/mol. The zero-order valence-corrected chi connectivity index (χ0v) is 16.6. The lowest BCUT2D eigenvalue weighted by Crippen LogP contribution is -2.15. The summed E-state index contributed by atoms with van der Waals surface area (Å²) in [5.41, 5.74) is 1.02. The first-order valence-corrected chi connectivity index (χ1v) is 10.6. The third-order valence-corrected chi connectivity index (χ3v) is 6.37. The van der Waals surface area contributed by atoms with Gasteiger partial charge in [0.2, 0.25) is 0 Å². The lowest BCUT2D eigenvalue weighted by Gasteiger charge is -2.25. The Balaban J connectivity index is 1.71. The molecule has 0 unspecified atom stereocenters. The third-order valence-electron chi connectivity index (χ3n) is 4.59. The smallest absolute Gasteiger partial charge is 0.289 e. The molecule has 1 saturated carbocycles. The number of alkyl halides is 2. The summed E-state index contributed by atoms with van der Waals surface area (Å²) in [6.07, 6.45) is 6.18. The Labute approximate surface area is 161 Å². The van der Waals surface area contributed by atoms with Crippen molar-refractivity contribution in [3.63, 3.8) is 0 Å². The zero-order valence-electron chi connectivity index (χ0n) is 15.0. The lowest BCUT2D eigenvalue weighted by molar-refractivity contribution is 0.251. The molecule has 0 saturated heterocycles. The highest BCUT2D eigenvalue weighted by molar-refractivity contribution is 7.99. The highest BCUT2D eigenvalue weighted by Gasteiger charge is 2.21. The number of nitrogens with zero attached hydrogens (tertiary/aromatic N) is 3. The Morgan fingerprint density at radius 1 is 1.23 bits per heavy atom. The number of hydrogen-bond donors (Lipinski definition) is 0. The Bertz CT molecular complexity index is 733. The topological polar surface area (TPSA) is 39.9 Å². The molecule has 2 aromatic rings. The van der Waals surface area contributed by atoms with Gasteiger partial charge < -0.3 is 9.30 Å². The minimum Gasteiger partial charge on any atom is -0.496 e. The van der Waals surface area contributed by atoms with Gasteiger partial charge >= 0.3 is 0 Å². The average Bonchev–Trinajstić information content (AvgIpc) is 3.01. The van der Waals surface area contributed by atoms with Crippen LogP contribution in [-0.2, 0) is 5.75 Å². The number of benzene rings is 1. The van der Waals surface area contributed by atoms with Crippen molar-refractivity contribution >= 4 is 23.5 Å². The number of thioether (sulfide) groups is 2. The Morgan fingerprint density at radius 2 is 2.00 bits per heavy atom. The predicted octanol–water partition coefficient (Wildman–Crippen LogP) is 5.71. The molecule has 1 fully saturated rings. The molecule has 3 rings (SSSR count). The normalized spacial score (nSPS) is 15.6. The van der Waals surface area contributed by atoms with Crippen LogP contribution in [0.15, 0.2) is 28.3 Å². The monoisotopic (exact) mass is 399 g/mol. The largest absolute Gasteiger partial charge is 0.496 e. The van der Waals surface area contributed by atoms with E-state index in [0.29, 0.717) is 34.2 Å². The maximum atomic E-state index is 12.6. The van der Waals surface area contributed by atoms with Crippen molar-refractivity contribution in [2.24, 2.45) is 0 Å². The van der Waals surface area contributed by atoms with Crippen LogP contribution in [0.4, 0.5) is 8.78 Å². The van der Waals surface area contributed by atoms with Gasteiger partial charge in [0, 0.05) is 11.8 Å². The second-order valence-electron chi connectivity index (χ2n) is 6.34. The molecule has 0 spiro atoms. The molecule has 0 bridgehead atoms. The summed E-state index contributed by atoms with van der Waals surface area (Å²) in [6.45, 7) is 2.01. The van der Waals surface area contributed by atoms with Gasteiger partial charge in [0.15, 0.2) is 5.16 Å². The SMILES string of the molecule is COc1cc(CSc2nnc(C)n2C2CCCCC2)ccc1SC(F)F. The molecule has 1 heterocycles. The van der Waals surface area contributed by atoms with Crippen molar-refractivity contribution in [1.29, 1.82) is 0 Å². The summed E-state index contributed by atoms with van der Waals surface area (Å²) in [7, 11) is 1.50. The van der Waals surface area contributed by atoms with Crippen LogP contribution in [0.5, 0.6) is 5.75 Å². The predicted molar refractivity (Wildman–Crippen MR) is 101 cm³/mol. The van der Waals surface area contributed by atoms with E-state index in [4.69, 9.17) is 4.74 Å². The van der Waals surface area contributed by atoms with Crippen molar-refractivity contribution in [2.75, 3.05) is 7.11 Å². The molecule has 0 N–H and O–H groups in total. The molecule has 4 nitrogen and oxygen atoms in total. The first kappa shape index (κ1) is 19.5. The number of aromatic nitrogens is 3. The molecule has 8 heteroatoms. The van der Waals surface area contributed by atoms with Gasteiger partial charge in [-0.05, 0) is 37.5 Å². The van der Waals surface area contributed by atoms with Crippen molar-refractivity contribution in [2.45, 2.75) is 66.6 Å². The summed E-state index contributed by atoms with van der Waals surface area (Å²) in [5, 5.41) is 9.54. The van der Waals surface area contributed by atoms with Gasteiger partial charge in [-0.1, -0.05) is 48.9 Å². The number of aryl methyl sites for hydroxylation is 1. The fraction of sp³-hybridized carbons (Fsp3) is 0.556. The van der Waals surface area contributed by atoms with Crippen molar-refractivity contribution < 1.29 is 13.5 Å². The van der Waals surface area contributed by atoms with Crippen LogP contribution < -0.4 is 4.74 Å². The van der Waals surface area contributed by atoms with Crippen molar-refractivity contribution in [1.82, 2.24) is 14.8 Å². The molecule has 26 heavy (non-hydrogen) atoms. The van der Waals surface area contributed by atoms with Crippen LogP contribution in [0.2, 0.25) is 0 Å². The molecule has 142 valence electrons. The summed E-state index contributed by atoms with van der Waals surface area (Å²) in [4.78, 5) is 0.456. The molecule has 1 aliphatic carbocycles. The highest BCUT2D eigenvalue weighted by Crippen LogP contribution is 2.36. The number of hydrogen-bond acceptors (Lipinski definition) is 5. The lowest BCUT2D eigenvalue weighted by atomic mass is 9.95. The molecule has 0 radical (unpaired) electrons. The number of rotatable bonds is 7. The Kier molecular flexibility index (Phi) is 6.80. The van der Waals surface area contributed by atoms with E-state index < -0.39 is 5.76 Å². The van der Waals surface area contributed by atoms with Gasteiger partial charge in [0.05, 0.1) is 12.0 Å². The minimum absolute atomic E-state index is 0.456. The van der Waals surface area contributed by atoms with Gasteiger partial charge in [-0.25, -0.2) is 0 Å². The zero-order chi connectivity index (χ0) is 18.5. The summed E-state index contributed by atoms with van der Waals surface area (Å²) in [5.74, 6) is -0.318. The van der Waals surface area contributed by atoms with Crippen LogP contribution in [0, 0.1) is 6.92 Å². The minimum atomic E-state index is -2.46. The maximum Gasteiger partial charge on any atom is 0.289 e. The molecule has 0 atom stereocenters. The Morgan fingerprint density at radius 3 is 2.69 bits per heavy atom. The summed E-state index contributed by atoms with van der Waals surface area (Å²) in [6, 6.07) is 5.88. The van der Waals surface area contributed by atoms with Gasteiger partial charge in [0.1, 0.15) is 11.6 Å². The van der Waals surface area contributed by atoms with Gasteiger partial charge in [-0.2, -0.15) is 8.78 Å². The molecule has 1 aromatic heterocycles. The van der Waals surface area contributed by atoms with Gasteiger partial charge in [-0.3, -0.25) is 0 Å². The van der Waals surface area contributed by atoms with E-state index in [1.165, 1.54) is 39.2 Å². The first-order chi connectivity index (χ1) is 12.6. The molecular formula is C18H23F2N3OS2. The quantitative estimate of drug-likeness (QED) is 0.558. The van der Waals surface area contributed by atoms with Crippen LogP contribution in [-0.4, -0.2) is 27.6 Å². The van der Waals surface area contributed by atoms with Crippen LogP contribution in [0.3, 0.4) is 0 Å². The molecule has 0 aliphatic heterocycles. The van der Waals surface area contributed by atoms with E-state index in [1.54, 1.807) is 17.8 Å². The second-order valence-corrected chi connectivity index (χ2v) is 8.32. The van der Waals surface area contributed by atoms with Crippen LogP contribution in [0.1, 0.15) is 49.5 Å². The van der Waals surface area contributed by atoms with E-state index in [-0.39, 0.29) is 0 Å². The maximum absolute atomic E-state index is 12.6. The molecule has 0 amide bonds. The Hall–Kier alpha value is -1.28. The fourth-order valence-electron chi connectivity index (χ4n) is 3.35. The summed E-state index contributed by atoms with van der Waals surface area (Å²) < 4.78 is 32.8. The van der Waals surface area contributed by atoms with E-state index in [1.807, 2.05) is 19.1 Å². The van der Waals surface area contributed by atoms with Crippen LogP contribution >= 0.6 is 23.5 Å². The third kappa shape index (κ3) is 4.71.